The Morgan fingerprint density at radius 2 is 1.72 bits per heavy atom. The second-order valence-corrected chi connectivity index (χ2v) is 4.25. The molecule has 0 unspecified atom stereocenters. The lowest BCUT2D eigenvalue weighted by Crippen LogP contribution is -2.08. The summed E-state index contributed by atoms with van der Waals surface area (Å²) in [5.74, 6) is 0. The monoisotopic (exact) mass is 245 g/mol. The maximum atomic E-state index is 3.99. The highest BCUT2D eigenvalue weighted by Crippen LogP contribution is 2.15. The molecular formula is C17H27N. The SMILES string of the molecule is C=C(\C=C/C(=C\C)C(=C/C)/CC)NC(=C)CCC. The lowest BCUT2D eigenvalue weighted by Gasteiger charge is -2.09. The quantitative estimate of drug-likeness (QED) is 0.575. The van der Waals surface area contributed by atoms with Crippen molar-refractivity contribution in [2.45, 2.75) is 47.0 Å². The predicted octanol–water partition coefficient (Wildman–Crippen LogP) is 5.26. The van der Waals surface area contributed by atoms with Gasteiger partial charge in [0, 0.05) is 11.4 Å². The molecule has 0 rings (SSSR count). The van der Waals surface area contributed by atoms with Crippen LogP contribution in [-0.4, -0.2) is 0 Å². The van der Waals surface area contributed by atoms with Crippen LogP contribution in [0, 0.1) is 0 Å². The molecule has 0 spiro atoms. The van der Waals surface area contributed by atoms with Gasteiger partial charge in [-0.25, -0.2) is 0 Å². The minimum absolute atomic E-state index is 0.888. The summed E-state index contributed by atoms with van der Waals surface area (Å²) in [4.78, 5) is 0. The number of nitrogens with one attached hydrogen (secondary N) is 1. The van der Waals surface area contributed by atoms with Crippen molar-refractivity contribution in [2.75, 3.05) is 0 Å². The molecule has 0 saturated heterocycles. The van der Waals surface area contributed by atoms with Crippen LogP contribution in [0.3, 0.4) is 0 Å². The average Bonchev–Trinajstić information content (AvgIpc) is 2.34. The molecule has 0 amide bonds. The van der Waals surface area contributed by atoms with Gasteiger partial charge < -0.3 is 5.32 Å². The minimum Gasteiger partial charge on any atom is -0.360 e. The molecule has 18 heavy (non-hydrogen) atoms. The Morgan fingerprint density at radius 1 is 1.06 bits per heavy atom. The van der Waals surface area contributed by atoms with E-state index in [1.807, 2.05) is 6.08 Å². The van der Waals surface area contributed by atoms with Gasteiger partial charge in [-0.2, -0.15) is 0 Å². The van der Waals surface area contributed by atoms with Crippen LogP contribution < -0.4 is 5.32 Å². The Balaban J connectivity index is 4.54. The second kappa shape index (κ2) is 9.52. The molecule has 0 heterocycles. The Morgan fingerprint density at radius 3 is 2.17 bits per heavy atom. The largest absolute Gasteiger partial charge is 0.360 e. The van der Waals surface area contributed by atoms with Crippen LogP contribution in [0.25, 0.3) is 0 Å². The van der Waals surface area contributed by atoms with E-state index in [1.54, 1.807) is 0 Å². The minimum atomic E-state index is 0.888. The van der Waals surface area contributed by atoms with E-state index in [9.17, 15) is 0 Å². The molecule has 0 aromatic heterocycles. The van der Waals surface area contributed by atoms with E-state index in [2.05, 4.69) is 64.4 Å². The predicted molar refractivity (Wildman–Crippen MR) is 83.3 cm³/mol. The number of hydrogen-bond donors (Lipinski definition) is 1. The van der Waals surface area contributed by atoms with Gasteiger partial charge in [-0.3, -0.25) is 0 Å². The molecule has 0 aromatic rings. The van der Waals surface area contributed by atoms with Crippen molar-refractivity contribution in [2.24, 2.45) is 0 Å². The molecule has 0 saturated carbocycles. The molecular weight excluding hydrogens is 218 g/mol. The molecule has 0 fully saturated rings. The van der Waals surface area contributed by atoms with Gasteiger partial charge >= 0.3 is 0 Å². The van der Waals surface area contributed by atoms with E-state index in [1.165, 1.54) is 11.1 Å². The number of hydrogen-bond acceptors (Lipinski definition) is 1. The van der Waals surface area contributed by atoms with Crippen molar-refractivity contribution in [3.8, 4) is 0 Å². The second-order valence-electron chi connectivity index (χ2n) is 4.25. The zero-order valence-electron chi connectivity index (χ0n) is 12.3. The van der Waals surface area contributed by atoms with Gasteiger partial charge in [-0.1, -0.05) is 51.7 Å². The zero-order chi connectivity index (χ0) is 14.0. The summed E-state index contributed by atoms with van der Waals surface area (Å²) in [5, 5.41) is 3.21. The molecule has 1 N–H and O–H groups in total. The summed E-state index contributed by atoms with van der Waals surface area (Å²) in [6, 6.07) is 0. The van der Waals surface area contributed by atoms with E-state index in [0.717, 1.165) is 30.7 Å². The maximum Gasteiger partial charge on any atom is 0.0308 e. The fourth-order valence-electron chi connectivity index (χ4n) is 1.79. The molecule has 0 aliphatic rings. The number of rotatable bonds is 8. The average molecular weight is 245 g/mol. The molecule has 0 radical (unpaired) electrons. The van der Waals surface area contributed by atoms with Crippen LogP contribution in [0.5, 0.6) is 0 Å². The lowest BCUT2D eigenvalue weighted by atomic mass is 10.0. The van der Waals surface area contributed by atoms with Gasteiger partial charge in [-0.15, -0.1) is 0 Å². The standard InChI is InChI=1S/C17H27N/c1-7-11-14(5)18-15(6)12-13-17(10-4)16(8-2)9-3/h8,10,12-13,18H,5-7,9,11H2,1-4H3/b13-12-,16-8+,17-10+. The summed E-state index contributed by atoms with van der Waals surface area (Å²) in [6.07, 6.45) is 11.5. The fraction of sp³-hybridized carbons (Fsp3) is 0.412. The van der Waals surface area contributed by atoms with Gasteiger partial charge in [0.2, 0.25) is 0 Å². The summed E-state index contributed by atoms with van der Waals surface area (Å²) >= 11 is 0. The van der Waals surface area contributed by atoms with Crippen LogP contribution in [0.15, 0.2) is 60.0 Å². The third-order valence-electron chi connectivity index (χ3n) is 2.76. The van der Waals surface area contributed by atoms with Crippen LogP contribution in [0.4, 0.5) is 0 Å². The van der Waals surface area contributed by atoms with Crippen molar-refractivity contribution in [1.29, 1.82) is 0 Å². The third-order valence-corrected chi connectivity index (χ3v) is 2.76. The Bertz CT molecular complexity index is 367. The third kappa shape index (κ3) is 6.29. The highest BCUT2D eigenvalue weighted by molar-refractivity contribution is 5.41. The molecule has 0 atom stereocenters. The van der Waals surface area contributed by atoms with E-state index < -0.39 is 0 Å². The molecule has 0 aliphatic heterocycles. The van der Waals surface area contributed by atoms with Crippen molar-refractivity contribution in [3.05, 3.63) is 60.0 Å². The molecule has 0 aliphatic carbocycles. The van der Waals surface area contributed by atoms with E-state index in [-0.39, 0.29) is 0 Å². The van der Waals surface area contributed by atoms with Gasteiger partial charge in [0.15, 0.2) is 0 Å². The summed E-state index contributed by atoms with van der Waals surface area (Å²) in [7, 11) is 0. The molecule has 1 nitrogen and oxygen atoms in total. The van der Waals surface area contributed by atoms with Crippen molar-refractivity contribution in [3.63, 3.8) is 0 Å². The first-order valence-electron chi connectivity index (χ1n) is 6.72. The van der Waals surface area contributed by atoms with Crippen molar-refractivity contribution in [1.82, 2.24) is 5.32 Å². The van der Waals surface area contributed by atoms with Crippen molar-refractivity contribution < 1.29 is 0 Å². The first-order valence-corrected chi connectivity index (χ1v) is 6.72. The van der Waals surface area contributed by atoms with Crippen LogP contribution in [-0.2, 0) is 0 Å². The van der Waals surface area contributed by atoms with E-state index in [4.69, 9.17) is 0 Å². The van der Waals surface area contributed by atoms with Crippen molar-refractivity contribution >= 4 is 0 Å². The van der Waals surface area contributed by atoms with Gasteiger partial charge in [0.25, 0.3) is 0 Å². The molecule has 100 valence electrons. The van der Waals surface area contributed by atoms with Gasteiger partial charge in [0.05, 0.1) is 0 Å². The van der Waals surface area contributed by atoms with E-state index in [0.29, 0.717) is 0 Å². The topological polar surface area (TPSA) is 12.0 Å². The molecule has 0 bridgehead atoms. The smallest absolute Gasteiger partial charge is 0.0308 e. The summed E-state index contributed by atoms with van der Waals surface area (Å²) in [5.41, 5.74) is 4.52. The van der Waals surface area contributed by atoms with Crippen LogP contribution in [0.1, 0.15) is 47.0 Å². The Labute approximate surface area is 113 Å². The van der Waals surface area contributed by atoms with E-state index >= 15 is 0 Å². The highest BCUT2D eigenvalue weighted by atomic mass is 14.9. The molecule has 1 heteroatoms. The Kier molecular flexibility index (Phi) is 8.73. The summed E-state index contributed by atoms with van der Waals surface area (Å²) in [6.45, 7) is 16.4. The first-order chi connectivity index (χ1) is 8.58. The zero-order valence-corrected chi connectivity index (χ0v) is 12.3. The van der Waals surface area contributed by atoms with Gasteiger partial charge in [-0.05, 0) is 43.9 Å². The normalized spacial score (nSPS) is 12.9. The molecule has 0 aromatic carbocycles. The maximum absolute atomic E-state index is 3.99. The van der Waals surface area contributed by atoms with Crippen LogP contribution >= 0.6 is 0 Å². The first kappa shape index (κ1) is 16.5. The summed E-state index contributed by atoms with van der Waals surface area (Å²) < 4.78 is 0. The van der Waals surface area contributed by atoms with Crippen LogP contribution in [0.2, 0.25) is 0 Å². The highest BCUT2D eigenvalue weighted by Gasteiger charge is 1.97. The van der Waals surface area contributed by atoms with Gasteiger partial charge in [0.1, 0.15) is 0 Å². The fourth-order valence-corrected chi connectivity index (χ4v) is 1.79. The Hall–Kier alpha value is -1.50. The number of allylic oxidation sites excluding steroid dienone is 7. The lowest BCUT2D eigenvalue weighted by molar-refractivity contribution is 0.830.